The molecule has 2 rings (SSSR count). The first-order valence-corrected chi connectivity index (χ1v) is 7.47. The molecule has 0 N–H and O–H groups in total. The van der Waals surface area contributed by atoms with E-state index in [1.54, 1.807) is 0 Å². The predicted octanol–water partition coefficient (Wildman–Crippen LogP) is 4.67. The van der Waals surface area contributed by atoms with Crippen LogP contribution in [0.1, 0.15) is 52.5 Å². The summed E-state index contributed by atoms with van der Waals surface area (Å²) in [6.45, 7) is 12.3. The van der Waals surface area contributed by atoms with E-state index in [4.69, 9.17) is 5.10 Å². The van der Waals surface area contributed by atoms with E-state index in [1.165, 1.54) is 17.0 Å². The number of nitrogens with zero attached hydrogens (tertiary/aromatic N) is 2. The van der Waals surface area contributed by atoms with Crippen molar-refractivity contribution in [1.82, 2.24) is 0 Å². The molecule has 2 nitrogen and oxygen atoms in total. The Morgan fingerprint density at radius 1 is 1.16 bits per heavy atom. The normalized spacial score (nSPS) is 19.4. The standard InChI is InChI=1S/C17H26N2/c1-6-17-16(13(4)5)11-19(18-17)15-9-7-14(8-10-15)12(2)3/h7-10,12-13,16H,6,11H2,1-5H3. The van der Waals surface area contributed by atoms with Crippen LogP contribution in [0.3, 0.4) is 0 Å². The Morgan fingerprint density at radius 2 is 1.79 bits per heavy atom. The molecule has 0 amide bonds. The van der Waals surface area contributed by atoms with Crippen molar-refractivity contribution in [1.29, 1.82) is 0 Å². The highest BCUT2D eigenvalue weighted by Crippen LogP contribution is 2.28. The summed E-state index contributed by atoms with van der Waals surface area (Å²) in [4.78, 5) is 0. The molecule has 2 heteroatoms. The fraction of sp³-hybridized carbons (Fsp3) is 0.588. The second kappa shape index (κ2) is 5.77. The van der Waals surface area contributed by atoms with Gasteiger partial charge in [-0.2, -0.15) is 5.10 Å². The van der Waals surface area contributed by atoms with Gasteiger partial charge in [0.15, 0.2) is 0 Å². The van der Waals surface area contributed by atoms with Gasteiger partial charge in [0, 0.05) is 18.2 Å². The molecule has 0 aromatic heterocycles. The molecule has 19 heavy (non-hydrogen) atoms. The van der Waals surface area contributed by atoms with Gasteiger partial charge in [-0.05, 0) is 36.0 Å². The summed E-state index contributed by atoms with van der Waals surface area (Å²) >= 11 is 0. The van der Waals surface area contributed by atoms with E-state index in [9.17, 15) is 0 Å². The first kappa shape index (κ1) is 14.1. The molecule has 0 radical (unpaired) electrons. The van der Waals surface area contributed by atoms with Crippen molar-refractivity contribution in [3.05, 3.63) is 29.8 Å². The van der Waals surface area contributed by atoms with Gasteiger partial charge in [0.05, 0.1) is 5.69 Å². The van der Waals surface area contributed by atoms with Crippen LogP contribution in [-0.2, 0) is 0 Å². The van der Waals surface area contributed by atoms with E-state index in [2.05, 4.69) is 63.9 Å². The Balaban J connectivity index is 2.17. The van der Waals surface area contributed by atoms with Crippen LogP contribution in [0.15, 0.2) is 29.4 Å². The van der Waals surface area contributed by atoms with Gasteiger partial charge < -0.3 is 0 Å². The van der Waals surface area contributed by atoms with Crippen molar-refractivity contribution in [3.8, 4) is 0 Å². The molecule has 1 heterocycles. The maximum atomic E-state index is 4.80. The summed E-state index contributed by atoms with van der Waals surface area (Å²) < 4.78 is 0. The highest BCUT2D eigenvalue weighted by Gasteiger charge is 2.28. The summed E-state index contributed by atoms with van der Waals surface area (Å²) in [7, 11) is 0. The Kier molecular flexibility index (Phi) is 4.28. The number of rotatable bonds is 4. The lowest BCUT2D eigenvalue weighted by Gasteiger charge is -2.19. The fourth-order valence-electron chi connectivity index (χ4n) is 2.68. The lowest BCUT2D eigenvalue weighted by molar-refractivity contribution is 0.508. The van der Waals surface area contributed by atoms with Crippen molar-refractivity contribution >= 4 is 11.4 Å². The van der Waals surface area contributed by atoms with Crippen molar-refractivity contribution in [2.45, 2.75) is 47.0 Å². The van der Waals surface area contributed by atoms with Gasteiger partial charge in [-0.15, -0.1) is 0 Å². The molecule has 0 aliphatic carbocycles. The summed E-state index contributed by atoms with van der Waals surface area (Å²) in [6, 6.07) is 8.86. The number of hydrogen-bond donors (Lipinski definition) is 0. The van der Waals surface area contributed by atoms with E-state index in [-0.39, 0.29) is 0 Å². The molecule has 1 aliphatic heterocycles. The van der Waals surface area contributed by atoms with Crippen LogP contribution in [0.25, 0.3) is 0 Å². The van der Waals surface area contributed by atoms with Crippen molar-refractivity contribution in [3.63, 3.8) is 0 Å². The molecule has 0 saturated heterocycles. The van der Waals surface area contributed by atoms with Crippen LogP contribution < -0.4 is 5.01 Å². The van der Waals surface area contributed by atoms with Gasteiger partial charge >= 0.3 is 0 Å². The minimum atomic E-state index is 0.589. The Hall–Kier alpha value is -1.31. The van der Waals surface area contributed by atoms with Crippen LogP contribution in [0.5, 0.6) is 0 Å². The minimum absolute atomic E-state index is 0.589. The topological polar surface area (TPSA) is 15.6 Å². The third kappa shape index (κ3) is 2.99. The van der Waals surface area contributed by atoms with Gasteiger partial charge in [-0.25, -0.2) is 0 Å². The molecule has 1 atom stereocenters. The summed E-state index contributed by atoms with van der Waals surface area (Å²) in [5, 5.41) is 6.98. The van der Waals surface area contributed by atoms with Gasteiger partial charge in [0.25, 0.3) is 0 Å². The summed E-state index contributed by atoms with van der Waals surface area (Å²) in [5.74, 6) is 1.86. The number of hydrazone groups is 1. The summed E-state index contributed by atoms with van der Waals surface area (Å²) in [6.07, 6.45) is 1.06. The zero-order valence-electron chi connectivity index (χ0n) is 12.9. The van der Waals surface area contributed by atoms with Crippen LogP contribution in [0.2, 0.25) is 0 Å². The van der Waals surface area contributed by atoms with Crippen LogP contribution in [0.4, 0.5) is 5.69 Å². The Morgan fingerprint density at radius 3 is 2.21 bits per heavy atom. The lowest BCUT2D eigenvalue weighted by Crippen LogP contribution is -2.23. The zero-order chi connectivity index (χ0) is 14.0. The molecular weight excluding hydrogens is 232 g/mol. The lowest BCUT2D eigenvalue weighted by atomic mass is 9.90. The van der Waals surface area contributed by atoms with Gasteiger partial charge in [0.1, 0.15) is 0 Å². The zero-order valence-corrected chi connectivity index (χ0v) is 12.9. The van der Waals surface area contributed by atoms with Crippen LogP contribution in [0, 0.1) is 11.8 Å². The van der Waals surface area contributed by atoms with E-state index in [0.717, 1.165) is 13.0 Å². The third-order valence-corrected chi connectivity index (χ3v) is 4.07. The molecule has 104 valence electrons. The Bertz CT molecular complexity index is 443. The second-order valence-corrected chi connectivity index (χ2v) is 6.12. The van der Waals surface area contributed by atoms with E-state index >= 15 is 0 Å². The maximum absolute atomic E-state index is 4.80. The molecule has 1 aromatic rings. The maximum Gasteiger partial charge on any atom is 0.0594 e. The molecule has 0 fully saturated rings. The highest BCUT2D eigenvalue weighted by molar-refractivity contribution is 5.90. The van der Waals surface area contributed by atoms with Gasteiger partial charge in [-0.3, -0.25) is 5.01 Å². The number of hydrogen-bond acceptors (Lipinski definition) is 2. The molecule has 0 spiro atoms. The molecule has 1 aliphatic rings. The van der Waals surface area contributed by atoms with Crippen molar-refractivity contribution in [2.24, 2.45) is 16.9 Å². The molecule has 0 saturated carbocycles. The molecule has 1 unspecified atom stereocenters. The first-order chi connectivity index (χ1) is 9.02. The Labute approximate surface area is 117 Å². The monoisotopic (exact) mass is 258 g/mol. The third-order valence-electron chi connectivity index (χ3n) is 4.07. The van der Waals surface area contributed by atoms with Crippen LogP contribution in [-0.4, -0.2) is 12.3 Å². The SMILES string of the molecule is CCC1=NN(c2ccc(C(C)C)cc2)CC1C(C)C. The average molecular weight is 258 g/mol. The van der Waals surface area contributed by atoms with Crippen molar-refractivity contribution < 1.29 is 0 Å². The van der Waals surface area contributed by atoms with Gasteiger partial charge in [-0.1, -0.05) is 46.8 Å². The number of benzene rings is 1. The highest BCUT2D eigenvalue weighted by atomic mass is 15.5. The predicted molar refractivity (Wildman–Crippen MR) is 83.9 cm³/mol. The quantitative estimate of drug-likeness (QED) is 0.766. The van der Waals surface area contributed by atoms with E-state index in [0.29, 0.717) is 17.8 Å². The largest absolute Gasteiger partial charge is 0.265 e. The van der Waals surface area contributed by atoms with Crippen molar-refractivity contribution in [2.75, 3.05) is 11.6 Å². The molecule has 0 bridgehead atoms. The average Bonchev–Trinajstić information content (AvgIpc) is 2.83. The molecular formula is C17H26N2. The van der Waals surface area contributed by atoms with E-state index < -0.39 is 0 Å². The van der Waals surface area contributed by atoms with Crippen LogP contribution >= 0.6 is 0 Å². The first-order valence-electron chi connectivity index (χ1n) is 7.47. The minimum Gasteiger partial charge on any atom is -0.265 e. The molecule has 1 aromatic carbocycles. The fourth-order valence-corrected chi connectivity index (χ4v) is 2.68. The summed E-state index contributed by atoms with van der Waals surface area (Å²) in [5.41, 5.74) is 3.96. The van der Waals surface area contributed by atoms with Gasteiger partial charge in [0.2, 0.25) is 0 Å². The smallest absolute Gasteiger partial charge is 0.0594 e. The number of anilines is 1. The second-order valence-electron chi connectivity index (χ2n) is 6.12. The van der Waals surface area contributed by atoms with E-state index in [1.807, 2.05) is 0 Å².